The highest BCUT2D eigenvalue weighted by atomic mass is 16.8. The van der Waals surface area contributed by atoms with Crippen molar-refractivity contribution in [3.05, 3.63) is 0 Å². The molecule has 0 unspecified atom stereocenters. The summed E-state index contributed by atoms with van der Waals surface area (Å²) in [6.45, 7) is 4.87. The molecule has 3 heterocycles. The molecular weight excluding hydrogens is 144 g/mol. The van der Waals surface area contributed by atoms with E-state index in [0.29, 0.717) is 12.2 Å². The van der Waals surface area contributed by atoms with Crippen molar-refractivity contribution < 1.29 is 14.2 Å². The topological polar surface area (TPSA) is 31.0 Å². The van der Waals surface area contributed by atoms with Gasteiger partial charge in [0, 0.05) is 0 Å². The van der Waals surface area contributed by atoms with Crippen LogP contribution in [0.1, 0.15) is 20.3 Å². The lowest BCUT2D eigenvalue weighted by molar-refractivity contribution is -0.296. The highest BCUT2D eigenvalue weighted by Gasteiger charge is 2.76. The summed E-state index contributed by atoms with van der Waals surface area (Å²) >= 11 is 0. The molecule has 2 bridgehead atoms. The number of ether oxygens (including phenoxy) is 3. The van der Waals surface area contributed by atoms with E-state index < -0.39 is 5.79 Å². The van der Waals surface area contributed by atoms with Crippen molar-refractivity contribution in [3.63, 3.8) is 0 Å². The third kappa shape index (κ3) is 0.534. The average molecular weight is 156 g/mol. The van der Waals surface area contributed by atoms with Crippen molar-refractivity contribution >= 4 is 0 Å². The Morgan fingerprint density at radius 3 is 2.73 bits per heavy atom. The Morgan fingerprint density at radius 1 is 1.27 bits per heavy atom. The maximum absolute atomic E-state index is 5.70. The van der Waals surface area contributed by atoms with Crippen molar-refractivity contribution in [1.82, 2.24) is 0 Å². The van der Waals surface area contributed by atoms with Gasteiger partial charge in [0.1, 0.15) is 11.7 Å². The summed E-state index contributed by atoms with van der Waals surface area (Å²) < 4.78 is 16.8. The summed E-state index contributed by atoms with van der Waals surface area (Å²) in [6.07, 6.45) is 1.57. The van der Waals surface area contributed by atoms with E-state index in [1.165, 1.54) is 0 Å². The van der Waals surface area contributed by atoms with Gasteiger partial charge in [-0.2, -0.15) is 0 Å². The molecule has 4 atom stereocenters. The molecule has 0 aromatic carbocycles. The van der Waals surface area contributed by atoms with Gasteiger partial charge in [0.15, 0.2) is 5.79 Å². The van der Waals surface area contributed by atoms with Gasteiger partial charge >= 0.3 is 0 Å². The zero-order valence-electron chi connectivity index (χ0n) is 6.79. The Kier molecular flexibility index (Phi) is 0.866. The zero-order valence-corrected chi connectivity index (χ0v) is 6.79. The van der Waals surface area contributed by atoms with Crippen LogP contribution in [-0.2, 0) is 14.2 Å². The average Bonchev–Trinajstić information content (AvgIpc) is 2.60. The second-order valence-corrected chi connectivity index (χ2v) is 3.88. The number of epoxide rings is 1. The fourth-order valence-corrected chi connectivity index (χ4v) is 2.25. The van der Waals surface area contributed by atoms with Gasteiger partial charge in [-0.1, -0.05) is 0 Å². The minimum absolute atomic E-state index is 0.145. The Hall–Kier alpha value is -0.120. The second kappa shape index (κ2) is 1.49. The third-order valence-electron chi connectivity index (χ3n) is 3.25. The van der Waals surface area contributed by atoms with Crippen LogP contribution < -0.4 is 0 Å². The van der Waals surface area contributed by atoms with Gasteiger partial charge in [-0.25, -0.2) is 0 Å². The molecule has 3 nitrogen and oxygen atoms in total. The molecular formula is C8H12O3. The molecule has 3 rings (SSSR count). The minimum atomic E-state index is -0.458. The lowest BCUT2D eigenvalue weighted by Gasteiger charge is -2.35. The normalized spacial score (nSPS) is 66.0. The van der Waals surface area contributed by atoms with Crippen molar-refractivity contribution in [2.75, 3.05) is 6.61 Å². The van der Waals surface area contributed by atoms with Gasteiger partial charge in [-0.05, 0) is 20.3 Å². The van der Waals surface area contributed by atoms with Crippen LogP contribution in [0.3, 0.4) is 0 Å². The second-order valence-electron chi connectivity index (χ2n) is 3.88. The van der Waals surface area contributed by atoms with Crippen LogP contribution in [0.5, 0.6) is 0 Å². The fourth-order valence-electron chi connectivity index (χ4n) is 2.25. The van der Waals surface area contributed by atoms with E-state index in [1.807, 2.05) is 6.92 Å². The highest BCUT2D eigenvalue weighted by molar-refractivity contribution is 5.18. The van der Waals surface area contributed by atoms with E-state index in [-0.39, 0.29) is 5.60 Å². The molecule has 0 amide bonds. The number of fused-ring (bicyclic) bond motifs is 5. The summed E-state index contributed by atoms with van der Waals surface area (Å²) in [4.78, 5) is 0. The van der Waals surface area contributed by atoms with E-state index in [1.54, 1.807) is 0 Å². The molecule has 0 aromatic rings. The molecule has 62 valence electrons. The van der Waals surface area contributed by atoms with E-state index >= 15 is 0 Å². The van der Waals surface area contributed by atoms with Crippen molar-refractivity contribution in [2.45, 2.75) is 43.9 Å². The first kappa shape index (κ1) is 6.40. The third-order valence-corrected chi connectivity index (χ3v) is 3.25. The zero-order chi connectivity index (χ0) is 7.69. The first-order valence-electron chi connectivity index (χ1n) is 4.15. The predicted octanol–water partition coefficient (Wildman–Crippen LogP) is 0.679. The van der Waals surface area contributed by atoms with Gasteiger partial charge in [0.2, 0.25) is 0 Å². The number of rotatable bonds is 0. The summed E-state index contributed by atoms with van der Waals surface area (Å²) in [5.74, 6) is -0.458. The van der Waals surface area contributed by atoms with Crippen LogP contribution in [0.25, 0.3) is 0 Å². The van der Waals surface area contributed by atoms with Gasteiger partial charge in [0.05, 0.1) is 12.7 Å². The molecule has 3 heteroatoms. The van der Waals surface area contributed by atoms with Crippen LogP contribution in [0.15, 0.2) is 0 Å². The molecule has 3 saturated heterocycles. The van der Waals surface area contributed by atoms with Gasteiger partial charge in [-0.15, -0.1) is 0 Å². The quantitative estimate of drug-likeness (QED) is 0.483. The lowest BCUT2D eigenvalue weighted by atomic mass is 10.00. The van der Waals surface area contributed by atoms with Crippen molar-refractivity contribution in [2.24, 2.45) is 0 Å². The van der Waals surface area contributed by atoms with E-state index in [9.17, 15) is 0 Å². The minimum Gasteiger partial charge on any atom is -0.358 e. The summed E-state index contributed by atoms with van der Waals surface area (Å²) in [7, 11) is 0. The van der Waals surface area contributed by atoms with E-state index in [0.717, 1.165) is 13.0 Å². The smallest absolute Gasteiger partial charge is 0.197 e. The van der Waals surface area contributed by atoms with Gasteiger partial charge in [0.25, 0.3) is 0 Å². The molecule has 0 N–H and O–H groups in total. The molecule has 3 aliphatic rings. The van der Waals surface area contributed by atoms with Crippen LogP contribution in [0, 0.1) is 0 Å². The van der Waals surface area contributed by atoms with E-state index in [4.69, 9.17) is 14.2 Å². The van der Waals surface area contributed by atoms with Crippen LogP contribution >= 0.6 is 0 Å². The first-order chi connectivity index (χ1) is 5.16. The maximum Gasteiger partial charge on any atom is 0.197 e. The fraction of sp³-hybridized carbons (Fsp3) is 1.00. The standard InChI is InChI=1S/C8H12O3/c1-7-6(11-7)5-3-4-9-8(7,2)10-5/h5-6H,3-4H2,1-2H3/t5-,6+,7+,8-/m1/s1. The van der Waals surface area contributed by atoms with Gasteiger partial charge in [-0.3, -0.25) is 0 Å². The molecule has 0 saturated carbocycles. The van der Waals surface area contributed by atoms with Crippen LogP contribution in [-0.4, -0.2) is 30.2 Å². The maximum atomic E-state index is 5.70. The Labute approximate surface area is 65.6 Å². The number of hydrogen-bond acceptors (Lipinski definition) is 3. The summed E-state index contributed by atoms with van der Waals surface area (Å²) in [6, 6.07) is 0. The lowest BCUT2D eigenvalue weighted by Crippen LogP contribution is -2.45. The Balaban J connectivity index is 2.03. The first-order valence-corrected chi connectivity index (χ1v) is 4.15. The van der Waals surface area contributed by atoms with Crippen molar-refractivity contribution in [3.8, 4) is 0 Å². The molecule has 0 aliphatic carbocycles. The largest absolute Gasteiger partial charge is 0.358 e. The molecule has 0 aromatic heterocycles. The van der Waals surface area contributed by atoms with Crippen LogP contribution in [0.2, 0.25) is 0 Å². The van der Waals surface area contributed by atoms with Crippen molar-refractivity contribution in [1.29, 1.82) is 0 Å². The Morgan fingerprint density at radius 2 is 2.09 bits per heavy atom. The molecule has 3 fully saturated rings. The molecule has 0 spiro atoms. The molecule has 0 radical (unpaired) electrons. The number of hydrogen-bond donors (Lipinski definition) is 0. The highest BCUT2D eigenvalue weighted by Crippen LogP contribution is 2.58. The SMILES string of the molecule is C[C@@]12OCC[C@@H](O1)[C@@H]1O[C@@]12C. The Bertz CT molecular complexity index is 217. The molecule has 11 heavy (non-hydrogen) atoms. The molecule has 3 aliphatic heterocycles. The summed E-state index contributed by atoms with van der Waals surface area (Å²) in [5.41, 5.74) is -0.145. The van der Waals surface area contributed by atoms with Crippen LogP contribution in [0.4, 0.5) is 0 Å². The van der Waals surface area contributed by atoms with Gasteiger partial charge < -0.3 is 14.2 Å². The monoisotopic (exact) mass is 156 g/mol. The van der Waals surface area contributed by atoms with E-state index in [2.05, 4.69) is 6.92 Å². The summed E-state index contributed by atoms with van der Waals surface area (Å²) in [5, 5.41) is 0. The predicted molar refractivity (Wildman–Crippen MR) is 37.1 cm³/mol.